The molecular formula is C19H25ClO8. The number of hydrogen-bond donors (Lipinski definition) is 1. The average molecular weight is 417 g/mol. The van der Waals surface area contributed by atoms with Gasteiger partial charge in [-0.05, 0) is 18.1 Å². The van der Waals surface area contributed by atoms with Crippen molar-refractivity contribution in [3.05, 3.63) is 35.4 Å². The summed E-state index contributed by atoms with van der Waals surface area (Å²) in [7, 11) is 0. The molecule has 0 amide bonds. The predicted molar refractivity (Wildman–Crippen MR) is 99.5 cm³/mol. The predicted octanol–water partition coefficient (Wildman–Crippen LogP) is 2.57. The van der Waals surface area contributed by atoms with Crippen LogP contribution in [0, 0.1) is 5.41 Å². The number of carbonyl (C=O) groups is 3. The quantitative estimate of drug-likeness (QED) is 0.254. The Morgan fingerprint density at radius 2 is 1.61 bits per heavy atom. The summed E-state index contributed by atoms with van der Waals surface area (Å²) in [6.07, 6.45) is -0.678. The molecule has 0 saturated carbocycles. The van der Waals surface area contributed by atoms with E-state index in [0.717, 1.165) is 11.1 Å². The van der Waals surface area contributed by atoms with E-state index < -0.39 is 36.7 Å². The van der Waals surface area contributed by atoms with Crippen LogP contribution in [-0.4, -0.2) is 49.6 Å². The Hall–Kier alpha value is -2.32. The zero-order valence-corrected chi connectivity index (χ0v) is 16.7. The second kappa shape index (κ2) is 12.2. The lowest BCUT2D eigenvalue weighted by molar-refractivity contribution is -0.162. The monoisotopic (exact) mass is 416 g/mol. The molecule has 156 valence electrons. The summed E-state index contributed by atoms with van der Waals surface area (Å²) in [5, 5.41) is 9.54. The maximum atomic E-state index is 12.3. The molecule has 0 aliphatic rings. The molecule has 0 bridgehead atoms. The van der Waals surface area contributed by atoms with Gasteiger partial charge in [0.1, 0.15) is 18.6 Å². The molecule has 0 aliphatic heterocycles. The van der Waals surface area contributed by atoms with E-state index in [1.54, 1.807) is 12.1 Å². The lowest BCUT2D eigenvalue weighted by atomic mass is 9.93. The summed E-state index contributed by atoms with van der Waals surface area (Å²) in [4.78, 5) is 34.4. The Morgan fingerprint density at radius 3 is 2.18 bits per heavy atom. The molecule has 8 nitrogen and oxygen atoms in total. The van der Waals surface area contributed by atoms with Crippen LogP contribution in [0.25, 0.3) is 0 Å². The van der Waals surface area contributed by atoms with Crippen molar-refractivity contribution in [1.29, 1.82) is 0 Å². The number of ether oxygens (including phenoxy) is 4. The van der Waals surface area contributed by atoms with Crippen LogP contribution in [0.1, 0.15) is 31.4 Å². The Kier molecular flexibility index (Phi) is 10.3. The molecule has 9 heteroatoms. The molecule has 0 saturated heterocycles. The van der Waals surface area contributed by atoms with Gasteiger partial charge in [-0.3, -0.25) is 9.59 Å². The van der Waals surface area contributed by atoms with E-state index in [2.05, 4.69) is 0 Å². The van der Waals surface area contributed by atoms with Crippen molar-refractivity contribution in [3.8, 4) is 0 Å². The van der Waals surface area contributed by atoms with Crippen molar-refractivity contribution < 1.29 is 38.4 Å². The fourth-order valence-electron chi connectivity index (χ4n) is 1.91. The molecule has 0 heterocycles. The third kappa shape index (κ3) is 8.58. The van der Waals surface area contributed by atoms with Crippen LogP contribution < -0.4 is 0 Å². The number of carbonyl (C=O) groups excluding carboxylic acids is 3. The van der Waals surface area contributed by atoms with Gasteiger partial charge >= 0.3 is 18.1 Å². The summed E-state index contributed by atoms with van der Waals surface area (Å²) in [6, 6.07) is 7.21. The second-order valence-electron chi connectivity index (χ2n) is 6.33. The molecular weight excluding hydrogens is 392 g/mol. The lowest BCUT2D eigenvalue weighted by Crippen LogP contribution is -2.38. The molecule has 1 atom stereocenters. The van der Waals surface area contributed by atoms with Crippen LogP contribution in [0.3, 0.4) is 0 Å². The van der Waals surface area contributed by atoms with Crippen LogP contribution in [0.15, 0.2) is 24.3 Å². The van der Waals surface area contributed by atoms with Crippen LogP contribution >= 0.6 is 11.6 Å². The molecule has 28 heavy (non-hydrogen) atoms. The summed E-state index contributed by atoms with van der Waals surface area (Å²) < 4.78 is 19.6. The Morgan fingerprint density at radius 1 is 1.00 bits per heavy atom. The van der Waals surface area contributed by atoms with Gasteiger partial charge in [-0.15, -0.1) is 11.6 Å². The minimum absolute atomic E-state index is 0.00923. The topological polar surface area (TPSA) is 108 Å². The minimum Gasteiger partial charge on any atom is -0.466 e. The van der Waals surface area contributed by atoms with Gasteiger partial charge in [0.25, 0.3) is 0 Å². The van der Waals surface area contributed by atoms with Gasteiger partial charge in [0, 0.05) is 19.2 Å². The molecule has 0 radical (unpaired) electrons. The maximum Gasteiger partial charge on any atom is 0.508 e. The highest BCUT2D eigenvalue weighted by atomic mass is 35.5. The first-order valence-electron chi connectivity index (χ1n) is 8.65. The number of aliphatic hydroxyl groups is 1. The first-order valence-corrected chi connectivity index (χ1v) is 9.19. The number of halogens is 1. The Labute approximate surface area is 168 Å². The van der Waals surface area contributed by atoms with Gasteiger partial charge in [-0.25, -0.2) is 4.79 Å². The van der Waals surface area contributed by atoms with Crippen molar-refractivity contribution >= 4 is 29.7 Å². The fourth-order valence-corrected chi connectivity index (χ4v) is 2.09. The Balaban J connectivity index is 2.39. The van der Waals surface area contributed by atoms with Crippen molar-refractivity contribution in [2.75, 3.05) is 26.4 Å². The van der Waals surface area contributed by atoms with Crippen molar-refractivity contribution in [2.24, 2.45) is 5.41 Å². The highest BCUT2D eigenvalue weighted by Gasteiger charge is 2.36. The van der Waals surface area contributed by atoms with Crippen LogP contribution in [0.4, 0.5) is 4.79 Å². The average Bonchev–Trinajstić information content (AvgIpc) is 2.70. The maximum absolute atomic E-state index is 12.3. The lowest BCUT2D eigenvalue weighted by Gasteiger charge is -2.24. The molecule has 1 aromatic rings. The zero-order chi connectivity index (χ0) is 21.0. The molecule has 0 fully saturated rings. The van der Waals surface area contributed by atoms with Gasteiger partial charge in [-0.2, -0.15) is 0 Å². The fraction of sp³-hybridized carbons (Fsp3) is 0.526. The van der Waals surface area contributed by atoms with Crippen LogP contribution in [-0.2, 0) is 41.0 Å². The van der Waals surface area contributed by atoms with Crippen molar-refractivity contribution in [1.82, 2.24) is 0 Å². The van der Waals surface area contributed by atoms with E-state index in [4.69, 9.17) is 30.5 Å². The van der Waals surface area contributed by atoms with E-state index >= 15 is 0 Å². The number of hydrogen-bond acceptors (Lipinski definition) is 8. The second-order valence-corrected chi connectivity index (χ2v) is 6.59. The first-order chi connectivity index (χ1) is 13.3. The number of benzene rings is 1. The van der Waals surface area contributed by atoms with Gasteiger partial charge in [-0.1, -0.05) is 24.3 Å². The highest BCUT2D eigenvalue weighted by Crippen LogP contribution is 2.20. The van der Waals surface area contributed by atoms with Crippen LogP contribution in [0.2, 0.25) is 0 Å². The van der Waals surface area contributed by atoms with Crippen molar-refractivity contribution in [2.45, 2.75) is 32.8 Å². The highest BCUT2D eigenvalue weighted by molar-refractivity contribution is 6.17. The molecule has 0 spiro atoms. The third-order valence-corrected chi connectivity index (χ3v) is 4.02. The van der Waals surface area contributed by atoms with Crippen molar-refractivity contribution in [3.63, 3.8) is 0 Å². The molecule has 1 rings (SSSR count). The minimum atomic E-state index is -1.42. The number of rotatable bonds is 11. The van der Waals surface area contributed by atoms with Gasteiger partial charge < -0.3 is 24.1 Å². The first kappa shape index (κ1) is 23.7. The molecule has 1 unspecified atom stereocenters. The van der Waals surface area contributed by atoms with E-state index in [0.29, 0.717) is 12.3 Å². The van der Waals surface area contributed by atoms with E-state index in [1.165, 1.54) is 13.8 Å². The normalized spacial score (nSPS) is 12.6. The number of esters is 2. The summed E-state index contributed by atoms with van der Waals surface area (Å²) in [6.45, 7) is 1.84. The van der Waals surface area contributed by atoms with Gasteiger partial charge in [0.05, 0.1) is 19.8 Å². The largest absolute Gasteiger partial charge is 0.508 e. The summed E-state index contributed by atoms with van der Waals surface area (Å²) >= 11 is 5.72. The molecule has 1 N–H and O–H groups in total. The standard InChI is InChI=1S/C19H25ClO8/c1-14(22)25-8-3-9-26-18(24)28-13-19(2,12-21)17(23)27-11-16-6-4-15(10-20)5-7-16/h4-7,21H,3,8-13H2,1-2H3. The Bertz CT molecular complexity index is 646. The smallest absolute Gasteiger partial charge is 0.466 e. The number of aliphatic hydroxyl groups excluding tert-OH is 1. The zero-order valence-electron chi connectivity index (χ0n) is 15.9. The van der Waals surface area contributed by atoms with E-state index in [1.807, 2.05) is 12.1 Å². The van der Waals surface area contributed by atoms with E-state index in [-0.39, 0.29) is 19.8 Å². The molecule has 0 aliphatic carbocycles. The molecule has 0 aromatic heterocycles. The third-order valence-electron chi connectivity index (χ3n) is 3.71. The molecule has 1 aromatic carbocycles. The van der Waals surface area contributed by atoms with Crippen LogP contribution in [0.5, 0.6) is 0 Å². The van der Waals surface area contributed by atoms with Gasteiger partial charge in [0.2, 0.25) is 0 Å². The summed E-state index contributed by atoms with van der Waals surface area (Å²) in [5.74, 6) is -0.742. The summed E-state index contributed by atoms with van der Waals surface area (Å²) in [5.41, 5.74) is 0.277. The number of alkyl halides is 1. The van der Waals surface area contributed by atoms with E-state index in [9.17, 15) is 19.5 Å². The SMILES string of the molecule is CC(=O)OCCCOC(=O)OCC(C)(CO)C(=O)OCc1ccc(CCl)cc1. The van der Waals surface area contributed by atoms with Gasteiger partial charge in [0.15, 0.2) is 0 Å².